The first-order valence-corrected chi connectivity index (χ1v) is 6.18. The largest absolute Gasteiger partial charge is 0.370 e. The number of piperidine rings is 1. The van der Waals surface area contributed by atoms with E-state index in [0.29, 0.717) is 12.2 Å². The van der Waals surface area contributed by atoms with Crippen LogP contribution in [0.15, 0.2) is 12.3 Å². The lowest BCUT2D eigenvalue weighted by atomic mass is 10.1. The molecule has 0 atom stereocenters. The predicted molar refractivity (Wildman–Crippen MR) is 64.1 cm³/mol. The van der Waals surface area contributed by atoms with Crippen molar-refractivity contribution in [3.8, 4) is 0 Å². The van der Waals surface area contributed by atoms with Gasteiger partial charge in [-0.2, -0.15) is 5.10 Å². The fraction of sp³-hybridized carbons (Fsp3) is 0.667. The van der Waals surface area contributed by atoms with Crippen molar-refractivity contribution in [1.29, 1.82) is 0 Å². The molecule has 0 unspecified atom stereocenters. The highest BCUT2D eigenvalue weighted by Gasteiger charge is 2.17. The first-order chi connectivity index (χ1) is 8.31. The Labute approximate surface area is 101 Å². The summed E-state index contributed by atoms with van der Waals surface area (Å²) in [4.78, 5) is 11.9. The monoisotopic (exact) mass is 237 g/mol. The average Bonchev–Trinajstić information content (AvgIpc) is 2.85. The van der Waals surface area contributed by atoms with Gasteiger partial charge in [0.2, 0.25) is 5.78 Å². The molecular weight excluding hydrogens is 218 g/mol. The Kier molecular flexibility index (Phi) is 4.28. The normalized spacial score (nSPS) is 17.2. The van der Waals surface area contributed by atoms with E-state index in [4.69, 9.17) is 4.74 Å². The summed E-state index contributed by atoms with van der Waals surface area (Å²) in [5.74, 6) is 0.0166. The molecular formula is C12H19N3O2. The van der Waals surface area contributed by atoms with Gasteiger partial charge in [-0.3, -0.25) is 9.48 Å². The molecule has 0 spiro atoms. The minimum atomic E-state index is 0.0166. The van der Waals surface area contributed by atoms with Crippen molar-refractivity contribution in [1.82, 2.24) is 15.1 Å². The zero-order valence-electron chi connectivity index (χ0n) is 10.2. The Hall–Kier alpha value is -1.20. The molecule has 0 amide bonds. The van der Waals surface area contributed by atoms with Gasteiger partial charge in [0.05, 0.1) is 6.10 Å². The summed E-state index contributed by atoms with van der Waals surface area (Å²) < 4.78 is 7.34. The first-order valence-electron chi connectivity index (χ1n) is 6.18. The van der Waals surface area contributed by atoms with Crippen molar-refractivity contribution in [2.24, 2.45) is 0 Å². The van der Waals surface area contributed by atoms with Crippen LogP contribution in [0, 0.1) is 0 Å². The van der Waals surface area contributed by atoms with Crippen LogP contribution in [0.25, 0.3) is 0 Å². The second-order valence-electron chi connectivity index (χ2n) is 4.22. The number of aromatic nitrogens is 2. The number of ketones is 1. The molecule has 2 heterocycles. The van der Waals surface area contributed by atoms with Crippen LogP contribution in [0.5, 0.6) is 0 Å². The van der Waals surface area contributed by atoms with Crippen molar-refractivity contribution in [3.05, 3.63) is 18.0 Å². The van der Waals surface area contributed by atoms with Crippen LogP contribution in [0.3, 0.4) is 0 Å². The van der Waals surface area contributed by atoms with E-state index in [9.17, 15) is 4.79 Å². The minimum Gasteiger partial charge on any atom is -0.370 e. The maximum absolute atomic E-state index is 11.9. The highest BCUT2D eigenvalue weighted by molar-refractivity contribution is 5.95. The van der Waals surface area contributed by atoms with Gasteiger partial charge in [-0.05, 0) is 38.9 Å². The van der Waals surface area contributed by atoms with Crippen LogP contribution < -0.4 is 5.32 Å². The summed E-state index contributed by atoms with van der Waals surface area (Å²) in [6.07, 6.45) is 3.85. The van der Waals surface area contributed by atoms with Gasteiger partial charge in [0.1, 0.15) is 12.3 Å². The summed E-state index contributed by atoms with van der Waals surface area (Å²) in [5.41, 5.74) is 0.640. The zero-order valence-corrected chi connectivity index (χ0v) is 10.2. The van der Waals surface area contributed by atoms with E-state index in [-0.39, 0.29) is 18.5 Å². The Balaban J connectivity index is 1.84. The number of ether oxygens (including phenoxy) is 1. The fourth-order valence-corrected chi connectivity index (χ4v) is 2.05. The second kappa shape index (κ2) is 5.93. The molecule has 0 aromatic carbocycles. The smallest absolute Gasteiger partial charge is 0.206 e. The van der Waals surface area contributed by atoms with Gasteiger partial charge in [-0.25, -0.2) is 0 Å². The van der Waals surface area contributed by atoms with Gasteiger partial charge < -0.3 is 10.1 Å². The highest BCUT2D eigenvalue weighted by Crippen LogP contribution is 2.08. The van der Waals surface area contributed by atoms with Crippen molar-refractivity contribution in [2.75, 3.05) is 19.7 Å². The van der Waals surface area contributed by atoms with Gasteiger partial charge in [-0.1, -0.05) is 0 Å². The Bertz CT molecular complexity index is 370. The van der Waals surface area contributed by atoms with E-state index >= 15 is 0 Å². The van der Waals surface area contributed by atoms with E-state index in [1.165, 1.54) is 0 Å². The van der Waals surface area contributed by atoms with E-state index in [1.54, 1.807) is 16.9 Å². The lowest BCUT2D eigenvalue weighted by Gasteiger charge is -2.22. The Morgan fingerprint density at radius 3 is 3.06 bits per heavy atom. The van der Waals surface area contributed by atoms with Crippen LogP contribution in [0.2, 0.25) is 0 Å². The Morgan fingerprint density at radius 1 is 1.59 bits per heavy atom. The number of hydrogen-bond acceptors (Lipinski definition) is 4. The quantitative estimate of drug-likeness (QED) is 0.771. The zero-order chi connectivity index (χ0) is 12.1. The molecule has 1 aromatic heterocycles. The summed E-state index contributed by atoms with van der Waals surface area (Å²) in [6.45, 7) is 4.80. The lowest BCUT2D eigenvalue weighted by Crippen LogP contribution is -2.33. The summed E-state index contributed by atoms with van der Waals surface area (Å²) >= 11 is 0. The Morgan fingerprint density at radius 2 is 2.35 bits per heavy atom. The van der Waals surface area contributed by atoms with Gasteiger partial charge in [0.15, 0.2) is 0 Å². The number of Topliss-reactive ketones (excluding diaryl/α,β-unsaturated/α-hetero) is 1. The molecule has 1 fully saturated rings. The van der Waals surface area contributed by atoms with E-state index in [0.717, 1.165) is 25.9 Å². The standard InChI is InChI=1S/C12H19N3O2/c1-2-15-11(5-8-14-15)12(16)9-17-10-3-6-13-7-4-10/h5,8,10,13H,2-4,6-7,9H2,1H3. The number of carbonyl (C=O) groups excluding carboxylic acids is 1. The van der Waals surface area contributed by atoms with Crippen molar-refractivity contribution >= 4 is 5.78 Å². The molecule has 1 aliphatic rings. The first kappa shape index (κ1) is 12.3. The molecule has 1 aromatic rings. The van der Waals surface area contributed by atoms with E-state index < -0.39 is 0 Å². The molecule has 2 rings (SSSR count). The number of nitrogens with one attached hydrogen (secondary N) is 1. The molecule has 0 bridgehead atoms. The van der Waals surface area contributed by atoms with Gasteiger partial charge in [0, 0.05) is 12.7 Å². The van der Waals surface area contributed by atoms with E-state index in [2.05, 4.69) is 10.4 Å². The predicted octanol–water partition coefficient (Wildman–Crippen LogP) is 0.854. The third-order valence-electron chi connectivity index (χ3n) is 3.04. The van der Waals surface area contributed by atoms with E-state index in [1.807, 2.05) is 6.92 Å². The maximum atomic E-state index is 11.9. The van der Waals surface area contributed by atoms with Gasteiger partial charge in [-0.15, -0.1) is 0 Å². The molecule has 0 aliphatic carbocycles. The number of nitrogens with zero attached hydrogens (tertiary/aromatic N) is 2. The number of rotatable bonds is 5. The number of hydrogen-bond donors (Lipinski definition) is 1. The van der Waals surface area contributed by atoms with Crippen molar-refractivity contribution < 1.29 is 9.53 Å². The van der Waals surface area contributed by atoms with Gasteiger partial charge >= 0.3 is 0 Å². The molecule has 1 aliphatic heterocycles. The average molecular weight is 237 g/mol. The van der Waals surface area contributed by atoms with Crippen molar-refractivity contribution in [3.63, 3.8) is 0 Å². The summed E-state index contributed by atoms with van der Waals surface area (Å²) in [6, 6.07) is 1.75. The minimum absolute atomic E-state index is 0.0166. The molecule has 5 heteroatoms. The molecule has 94 valence electrons. The van der Waals surface area contributed by atoms with Crippen LogP contribution in [0.1, 0.15) is 30.3 Å². The third kappa shape index (κ3) is 3.14. The maximum Gasteiger partial charge on any atom is 0.206 e. The summed E-state index contributed by atoms with van der Waals surface area (Å²) in [5, 5.41) is 7.35. The highest BCUT2D eigenvalue weighted by atomic mass is 16.5. The van der Waals surface area contributed by atoms with Crippen molar-refractivity contribution in [2.45, 2.75) is 32.4 Å². The van der Waals surface area contributed by atoms with Crippen LogP contribution in [-0.2, 0) is 11.3 Å². The fourth-order valence-electron chi connectivity index (χ4n) is 2.05. The molecule has 5 nitrogen and oxygen atoms in total. The SMILES string of the molecule is CCn1nccc1C(=O)COC1CCNCC1. The molecule has 0 saturated carbocycles. The van der Waals surface area contributed by atoms with Crippen LogP contribution >= 0.6 is 0 Å². The molecule has 0 radical (unpaired) electrons. The lowest BCUT2D eigenvalue weighted by molar-refractivity contribution is 0.0312. The topological polar surface area (TPSA) is 56.2 Å². The number of aryl methyl sites for hydroxylation is 1. The molecule has 1 N–H and O–H groups in total. The van der Waals surface area contributed by atoms with Crippen LogP contribution in [-0.4, -0.2) is 41.4 Å². The van der Waals surface area contributed by atoms with Crippen LogP contribution in [0.4, 0.5) is 0 Å². The molecule has 1 saturated heterocycles. The van der Waals surface area contributed by atoms with Gasteiger partial charge in [0.25, 0.3) is 0 Å². The second-order valence-corrected chi connectivity index (χ2v) is 4.22. The molecule has 17 heavy (non-hydrogen) atoms. The summed E-state index contributed by atoms with van der Waals surface area (Å²) in [7, 11) is 0. The third-order valence-corrected chi connectivity index (χ3v) is 3.04. The number of carbonyl (C=O) groups is 1.